The third-order valence-corrected chi connectivity index (χ3v) is 3.42. The third-order valence-electron chi connectivity index (χ3n) is 3.42. The monoisotopic (exact) mass is 256 g/mol. The molecule has 1 aromatic carbocycles. The molecule has 2 nitrogen and oxygen atoms in total. The summed E-state index contributed by atoms with van der Waals surface area (Å²) in [6.07, 6.45) is 2.11. The molecule has 0 saturated carbocycles. The minimum atomic E-state index is -0.840. The summed E-state index contributed by atoms with van der Waals surface area (Å²) in [4.78, 5) is 2.17. The first-order valence-corrected chi connectivity index (χ1v) is 6.40. The largest absolute Gasteiger partial charge is 0.323 e. The van der Waals surface area contributed by atoms with Crippen LogP contribution in [0.5, 0.6) is 0 Å². The van der Waals surface area contributed by atoms with E-state index in [1.165, 1.54) is 6.07 Å². The van der Waals surface area contributed by atoms with Gasteiger partial charge in [-0.3, -0.25) is 0 Å². The highest BCUT2D eigenvalue weighted by Crippen LogP contribution is 2.17. The highest BCUT2D eigenvalue weighted by atomic mass is 19.2. The van der Waals surface area contributed by atoms with Gasteiger partial charge in [0.05, 0.1) is 0 Å². The number of hydrogen-bond acceptors (Lipinski definition) is 2. The summed E-state index contributed by atoms with van der Waals surface area (Å²) in [6.45, 7) is 4.90. The first-order chi connectivity index (χ1) is 8.49. The van der Waals surface area contributed by atoms with E-state index >= 15 is 0 Å². The Morgan fingerprint density at radius 3 is 2.28 bits per heavy atom. The minimum absolute atomic E-state index is 0.300. The normalized spacial score (nSPS) is 13.3. The lowest BCUT2D eigenvalue weighted by Crippen LogP contribution is -2.36. The van der Waals surface area contributed by atoms with Crippen LogP contribution in [0.3, 0.4) is 0 Å². The van der Waals surface area contributed by atoms with E-state index in [9.17, 15) is 8.78 Å². The fraction of sp³-hybridized carbons (Fsp3) is 0.571. The van der Waals surface area contributed by atoms with Gasteiger partial charge in [0, 0.05) is 18.6 Å². The summed E-state index contributed by atoms with van der Waals surface area (Å²) < 4.78 is 26.0. The number of halogens is 2. The lowest BCUT2D eigenvalue weighted by molar-refractivity contribution is 0.217. The summed E-state index contributed by atoms with van der Waals surface area (Å²) in [7, 11) is 2.01. The molecule has 0 saturated heterocycles. The van der Waals surface area contributed by atoms with Crippen molar-refractivity contribution in [1.82, 2.24) is 4.90 Å². The minimum Gasteiger partial charge on any atom is -0.323 e. The lowest BCUT2D eigenvalue weighted by atomic mass is 10.0. The van der Waals surface area contributed by atoms with Gasteiger partial charge in [-0.2, -0.15) is 0 Å². The molecule has 2 N–H and O–H groups in total. The first-order valence-electron chi connectivity index (χ1n) is 6.40. The van der Waals surface area contributed by atoms with Crippen molar-refractivity contribution < 1.29 is 8.78 Å². The molecule has 0 amide bonds. The number of nitrogens with two attached hydrogens (primary N) is 1. The van der Waals surface area contributed by atoms with Gasteiger partial charge < -0.3 is 10.6 Å². The number of likely N-dealkylation sites (N-methyl/N-ethyl adjacent to an activating group) is 1. The Labute approximate surface area is 108 Å². The maximum Gasteiger partial charge on any atom is 0.159 e. The van der Waals surface area contributed by atoms with Gasteiger partial charge in [-0.15, -0.1) is 0 Å². The molecule has 0 heterocycles. The Balaban J connectivity index is 2.69. The Hall–Kier alpha value is -1.00. The van der Waals surface area contributed by atoms with Crippen LogP contribution in [0.25, 0.3) is 0 Å². The van der Waals surface area contributed by atoms with E-state index in [-0.39, 0.29) is 6.04 Å². The molecule has 0 aliphatic carbocycles. The second-order valence-corrected chi connectivity index (χ2v) is 4.69. The van der Waals surface area contributed by atoms with Crippen molar-refractivity contribution in [1.29, 1.82) is 0 Å². The quantitative estimate of drug-likeness (QED) is 0.847. The lowest BCUT2D eigenvalue weighted by Gasteiger charge is -2.28. The molecule has 0 aliphatic heterocycles. The fourth-order valence-corrected chi connectivity index (χ4v) is 2.22. The van der Waals surface area contributed by atoms with Crippen LogP contribution in [0.2, 0.25) is 0 Å². The average Bonchev–Trinajstić information content (AvgIpc) is 2.34. The van der Waals surface area contributed by atoms with Crippen LogP contribution in [0.15, 0.2) is 18.2 Å². The van der Waals surface area contributed by atoms with Gasteiger partial charge in [-0.05, 0) is 37.6 Å². The molecular weight excluding hydrogens is 234 g/mol. The van der Waals surface area contributed by atoms with Crippen LogP contribution in [0.1, 0.15) is 38.3 Å². The van der Waals surface area contributed by atoms with Gasteiger partial charge in [-0.25, -0.2) is 8.78 Å². The van der Waals surface area contributed by atoms with Gasteiger partial charge >= 0.3 is 0 Å². The molecule has 1 atom stereocenters. The number of hydrogen-bond donors (Lipinski definition) is 1. The molecule has 0 spiro atoms. The van der Waals surface area contributed by atoms with Crippen LogP contribution in [-0.2, 0) is 0 Å². The van der Waals surface area contributed by atoms with Crippen molar-refractivity contribution in [2.45, 2.75) is 38.8 Å². The molecule has 18 heavy (non-hydrogen) atoms. The molecule has 0 aromatic heterocycles. The smallest absolute Gasteiger partial charge is 0.159 e. The van der Waals surface area contributed by atoms with E-state index in [0.29, 0.717) is 18.2 Å². The number of rotatable bonds is 6. The molecule has 0 radical (unpaired) electrons. The van der Waals surface area contributed by atoms with E-state index in [2.05, 4.69) is 18.7 Å². The van der Waals surface area contributed by atoms with Gasteiger partial charge in [0.25, 0.3) is 0 Å². The zero-order valence-electron chi connectivity index (χ0n) is 11.3. The van der Waals surface area contributed by atoms with E-state index in [1.54, 1.807) is 6.07 Å². The summed E-state index contributed by atoms with van der Waals surface area (Å²) in [5.41, 5.74) is 6.66. The van der Waals surface area contributed by atoms with Crippen LogP contribution in [0, 0.1) is 11.6 Å². The molecular formula is C14H22F2N2. The SMILES string of the molecule is CCC(CC)N(C)CC(N)c1ccc(F)c(F)c1. The molecule has 1 rings (SSSR count). The second kappa shape index (κ2) is 6.81. The predicted molar refractivity (Wildman–Crippen MR) is 70.3 cm³/mol. The molecule has 102 valence electrons. The second-order valence-electron chi connectivity index (χ2n) is 4.69. The summed E-state index contributed by atoms with van der Waals surface area (Å²) in [5.74, 6) is -1.67. The summed E-state index contributed by atoms with van der Waals surface area (Å²) in [6, 6.07) is 4.03. The van der Waals surface area contributed by atoms with Crippen molar-refractivity contribution in [3.8, 4) is 0 Å². The Morgan fingerprint density at radius 2 is 1.78 bits per heavy atom. The van der Waals surface area contributed by atoms with Crippen molar-refractivity contribution in [2.24, 2.45) is 5.73 Å². The molecule has 1 aromatic rings. The average molecular weight is 256 g/mol. The highest BCUT2D eigenvalue weighted by molar-refractivity contribution is 5.21. The first kappa shape index (κ1) is 15.1. The Kier molecular flexibility index (Phi) is 5.69. The number of nitrogens with zero attached hydrogens (tertiary/aromatic N) is 1. The van der Waals surface area contributed by atoms with Crippen molar-refractivity contribution in [3.05, 3.63) is 35.4 Å². The van der Waals surface area contributed by atoms with E-state index in [4.69, 9.17) is 5.73 Å². The van der Waals surface area contributed by atoms with Gasteiger partial charge in [0.1, 0.15) is 0 Å². The maximum atomic E-state index is 13.1. The Morgan fingerprint density at radius 1 is 1.17 bits per heavy atom. The number of benzene rings is 1. The third kappa shape index (κ3) is 3.75. The van der Waals surface area contributed by atoms with E-state index in [0.717, 1.165) is 18.9 Å². The van der Waals surface area contributed by atoms with Crippen LogP contribution >= 0.6 is 0 Å². The zero-order valence-corrected chi connectivity index (χ0v) is 11.3. The summed E-state index contributed by atoms with van der Waals surface area (Å²) >= 11 is 0. The molecule has 0 aliphatic rings. The van der Waals surface area contributed by atoms with Crippen molar-refractivity contribution in [3.63, 3.8) is 0 Å². The Bertz CT molecular complexity index is 378. The molecule has 1 unspecified atom stereocenters. The molecule has 0 fully saturated rings. The van der Waals surface area contributed by atoms with Gasteiger partial charge in [-0.1, -0.05) is 19.9 Å². The maximum absolute atomic E-state index is 13.1. The standard InChI is InChI=1S/C14H22F2N2/c1-4-11(5-2)18(3)9-14(17)10-6-7-12(15)13(16)8-10/h6-8,11,14H,4-5,9,17H2,1-3H3. The van der Waals surface area contributed by atoms with Crippen LogP contribution < -0.4 is 5.73 Å². The van der Waals surface area contributed by atoms with Gasteiger partial charge in [0.15, 0.2) is 11.6 Å². The van der Waals surface area contributed by atoms with Crippen molar-refractivity contribution >= 4 is 0 Å². The summed E-state index contributed by atoms with van der Waals surface area (Å²) in [5, 5.41) is 0. The van der Waals surface area contributed by atoms with Crippen LogP contribution in [-0.4, -0.2) is 24.5 Å². The van der Waals surface area contributed by atoms with E-state index in [1.807, 2.05) is 7.05 Å². The van der Waals surface area contributed by atoms with Gasteiger partial charge in [0.2, 0.25) is 0 Å². The highest BCUT2D eigenvalue weighted by Gasteiger charge is 2.16. The molecule has 0 bridgehead atoms. The van der Waals surface area contributed by atoms with E-state index < -0.39 is 11.6 Å². The van der Waals surface area contributed by atoms with Crippen molar-refractivity contribution in [2.75, 3.05) is 13.6 Å². The van der Waals surface area contributed by atoms with Crippen LogP contribution in [0.4, 0.5) is 8.78 Å². The molecule has 4 heteroatoms. The topological polar surface area (TPSA) is 29.3 Å². The predicted octanol–water partition coefficient (Wildman–Crippen LogP) is 3.09. The zero-order chi connectivity index (χ0) is 13.7. The fourth-order valence-electron chi connectivity index (χ4n) is 2.22.